The number of nitrogens with zero attached hydrogens (tertiary/aromatic N) is 3. The van der Waals surface area contributed by atoms with Crippen LogP contribution in [0.25, 0.3) is 0 Å². The van der Waals surface area contributed by atoms with Gasteiger partial charge in [0.05, 0.1) is 18.1 Å². The normalized spacial score (nSPS) is 21.6. The molecule has 7 nitrogen and oxygen atoms in total. The zero-order valence-corrected chi connectivity index (χ0v) is 12.0. The van der Waals surface area contributed by atoms with Gasteiger partial charge >= 0.3 is 5.69 Å². The summed E-state index contributed by atoms with van der Waals surface area (Å²) in [7, 11) is 1.90. The van der Waals surface area contributed by atoms with Crippen molar-refractivity contribution in [2.24, 2.45) is 0 Å². The molecule has 114 valence electrons. The third-order valence-corrected chi connectivity index (χ3v) is 4.43. The molecule has 0 radical (unpaired) electrons. The molecule has 2 fully saturated rings. The van der Waals surface area contributed by atoms with Gasteiger partial charge < -0.3 is 14.4 Å². The van der Waals surface area contributed by atoms with Crippen LogP contribution in [0.3, 0.4) is 0 Å². The molecule has 7 heteroatoms. The Labute approximate surface area is 123 Å². The van der Waals surface area contributed by atoms with Crippen molar-refractivity contribution in [3.63, 3.8) is 0 Å². The molecular weight excluding hydrogens is 274 g/mol. The molecule has 1 saturated carbocycles. The molecule has 1 aromatic heterocycles. The minimum absolute atomic E-state index is 0.0497. The van der Waals surface area contributed by atoms with Gasteiger partial charge in [0.1, 0.15) is 11.9 Å². The lowest BCUT2D eigenvalue weighted by atomic mass is 9.89. The molecule has 0 aromatic carbocycles. The number of hydrogen-bond acceptors (Lipinski definition) is 6. The van der Waals surface area contributed by atoms with Crippen molar-refractivity contribution in [1.82, 2.24) is 4.98 Å². The highest BCUT2D eigenvalue weighted by molar-refractivity contribution is 5.61. The Morgan fingerprint density at radius 3 is 2.67 bits per heavy atom. The van der Waals surface area contributed by atoms with Crippen LogP contribution in [-0.4, -0.2) is 42.0 Å². The van der Waals surface area contributed by atoms with E-state index in [-0.39, 0.29) is 16.7 Å². The van der Waals surface area contributed by atoms with Crippen molar-refractivity contribution in [3.8, 4) is 0 Å². The average Bonchev–Trinajstić information content (AvgIpc) is 2.95. The van der Waals surface area contributed by atoms with Gasteiger partial charge in [0.25, 0.3) is 0 Å². The number of hydrogen-bond donors (Lipinski definition) is 0. The quantitative estimate of drug-likeness (QED) is 0.627. The van der Waals surface area contributed by atoms with Crippen LogP contribution in [0.5, 0.6) is 0 Å². The molecule has 2 aliphatic rings. The molecule has 1 aliphatic carbocycles. The monoisotopic (exact) mass is 293 g/mol. The van der Waals surface area contributed by atoms with E-state index in [2.05, 4.69) is 4.98 Å². The molecule has 3 rings (SSSR count). The Hall–Kier alpha value is -1.73. The number of rotatable bonds is 3. The molecule has 0 atom stereocenters. The van der Waals surface area contributed by atoms with Gasteiger partial charge in [-0.3, -0.25) is 15.1 Å². The molecule has 1 spiro atoms. The van der Waals surface area contributed by atoms with Crippen molar-refractivity contribution in [3.05, 3.63) is 28.6 Å². The first kappa shape index (κ1) is 14.2. The molecule has 0 N–H and O–H groups in total. The van der Waals surface area contributed by atoms with Crippen LogP contribution in [0.15, 0.2) is 18.5 Å². The Bertz CT molecular complexity index is 521. The lowest BCUT2D eigenvalue weighted by molar-refractivity contribution is -0.384. The smallest absolute Gasteiger partial charge is 0.310 e. The second kappa shape index (κ2) is 5.57. The second-order valence-electron chi connectivity index (χ2n) is 5.57. The van der Waals surface area contributed by atoms with Gasteiger partial charge in [-0.25, -0.2) is 0 Å². The zero-order valence-electron chi connectivity index (χ0n) is 12.0. The van der Waals surface area contributed by atoms with E-state index in [4.69, 9.17) is 9.47 Å². The van der Waals surface area contributed by atoms with Crippen molar-refractivity contribution in [2.45, 2.75) is 37.5 Å². The van der Waals surface area contributed by atoms with Gasteiger partial charge in [0, 0.05) is 32.1 Å². The Balaban J connectivity index is 1.72. The summed E-state index contributed by atoms with van der Waals surface area (Å²) in [4.78, 5) is 16.6. The largest absolute Gasteiger partial charge is 0.366 e. The van der Waals surface area contributed by atoms with Gasteiger partial charge in [-0.15, -0.1) is 0 Å². The third-order valence-electron chi connectivity index (χ3n) is 4.43. The van der Waals surface area contributed by atoms with Crippen LogP contribution >= 0.6 is 0 Å². The number of nitro groups is 1. The fraction of sp³-hybridized carbons (Fsp3) is 0.643. The Kier molecular flexibility index (Phi) is 3.77. The van der Waals surface area contributed by atoms with E-state index in [1.54, 1.807) is 12.3 Å². The predicted octanol–water partition coefficient (Wildman–Crippen LogP) is 2.11. The molecule has 1 aliphatic heterocycles. The topological polar surface area (TPSA) is 77.7 Å². The minimum Gasteiger partial charge on any atom is -0.366 e. The van der Waals surface area contributed by atoms with Crippen LogP contribution < -0.4 is 4.90 Å². The summed E-state index contributed by atoms with van der Waals surface area (Å²) in [5.41, 5.74) is 0.665. The Morgan fingerprint density at radius 1 is 1.38 bits per heavy atom. The van der Waals surface area contributed by atoms with Gasteiger partial charge in [0.2, 0.25) is 0 Å². The summed E-state index contributed by atoms with van der Waals surface area (Å²) in [6.45, 7) is 1.33. The molecular formula is C14H19N3O4. The molecule has 0 unspecified atom stereocenters. The number of ether oxygens (including phenoxy) is 2. The molecule has 1 saturated heterocycles. The van der Waals surface area contributed by atoms with E-state index in [9.17, 15) is 10.1 Å². The van der Waals surface area contributed by atoms with Gasteiger partial charge in [-0.2, -0.15) is 0 Å². The summed E-state index contributed by atoms with van der Waals surface area (Å²) < 4.78 is 11.4. The maximum Gasteiger partial charge on any atom is 0.310 e. The zero-order chi connectivity index (χ0) is 14.9. The van der Waals surface area contributed by atoms with Crippen LogP contribution in [0, 0.1) is 10.1 Å². The maximum absolute atomic E-state index is 11.1. The molecule has 2 heterocycles. The fourth-order valence-corrected chi connectivity index (χ4v) is 3.23. The first-order chi connectivity index (χ1) is 10.1. The van der Waals surface area contributed by atoms with E-state index in [1.807, 2.05) is 11.9 Å². The lowest BCUT2D eigenvalue weighted by Crippen LogP contribution is -2.43. The maximum atomic E-state index is 11.1. The van der Waals surface area contributed by atoms with Gasteiger partial charge in [-0.05, 0) is 18.9 Å². The molecule has 0 amide bonds. The lowest BCUT2D eigenvalue weighted by Gasteiger charge is -2.39. The first-order valence-corrected chi connectivity index (χ1v) is 7.20. The SMILES string of the molecule is CN(c1ccncc1[N+](=O)[O-])C1CCC2(CC1)OCCO2. The van der Waals surface area contributed by atoms with Crippen molar-refractivity contribution < 1.29 is 14.4 Å². The van der Waals surface area contributed by atoms with Crippen LogP contribution in [0.2, 0.25) is 0 Å². The summed E-state index contributed by atoms with van der Waals surface area (Å²) in [6.07, 6.45) is 6.36. The molecule has 21 heavy (non-hydrogen) atoms. The van der Waals surface area contributed by atoms with E-state index in [0.717, 1.165) is 25.7 Å². The summed E-state index contributed by atoms with van der Waals surface area (Å²) in [5.74, 6) is -0.401. The van der Waals surface area contributed by atoms with Gasteiger partial charge in [-0.1, -0.05) is 0 Å². The van der Waals surface area contributed by atoms with E-state index >= 15 is 0 Å². The average molecular weight is 293 g/mol. The predicted molar refractivity (Wildman–Crippen MR) is 76.2 cm³/mol. The molecule has 0 bridgehead atoms. The number of aromatic nitrogens is 1. The highest BCUT2D eigenvalue weighted by Gasteiger charge is 2.41. The van der Waals surface area contributed by atoms with Crippen molar-refractivity contribution in [2.75, 3.05) is 25.2 Å². The summed E-state index contributed by atoms with van der Waals surface area (Å²) in [5, 5.41) is 11.1. The standard InChI is InChI=1S/C14H19N3O4/c1-16(12-4-7-15-10-13(12)17(18)19)11-2-5-14(6-3-11)20-8-9-21-14/h4,7,10-11H,2-3,5-6,8-9H2,1H3. The van der Waals surface area contributed by atoms with E-state index < -0.39 is 5.79 Å². The number of pyridine rings is 1. The van der Waals surface area contributed by atoms with Gasteiger partial charge in [0.15, 0.2) is 5.79 Å². The minimum atomic E-state index is -0.401. The van der Waals surface area contributed by atoms with E-state index in [1.165, 1.54) is 6.20 Å². The summed E-state index contributed by atoms with van der Waals surface area (Å²) in [6, 6.07) is 1.95. The van der Waals surface area contributed by atoms with E-state index in [0.29, 0.717) is 18.9 Å². The van der Waals surface area contributed by atoms with Crippen LogP contribution in [0.4, 0.5) is 11.4 Å². The van der Waals surface area contributed by atoms with Crippen LogP contribution in [-0.2, 0) is 9.47 Å². The highest BCUT2D eigenvalue weighted by Crippen LogP contribution is 2.39. The number of anilines is 1. The second-order valence-corrected chi connectivity index (χ2v) is 5.57. The Morgan fingerprint density at radius 2 is 2.05 bits per heavy atom. The van der Waals surface area contributed by atoms with Crippen LogP contribution in [0.1, 0.15) is 25.7 Å². The fourth-order valence-electron chi connectivity index (χ4n) is 3.23. The highest BCUT2D eigenvalue weighted by atomic mass is 16.7. The molecule has 1 aromatic rings. The third kappa shape index (κ3) is 2.71. The van der Waals surface area contributed by atoms with Crippen molar-refractivity contribution in [1.29, 1.82) is 0 Å². The first-order valence-electron chi connectivity index (χ1n) is 7.20. The summed E-state index contributed by atoms with van der Waals surface area (Å²) >= 11 is 0. The van der Waals surface area contributed by atoms with Crippen molar-refractivity contribution >= 4 is 11.4 Å².